The van der Waals surface area contributed by atoms with Crippen LogP contribution in [-0.4, -0.2) is 86.3 Å². The van der Waals surface area contributed by atoms with Crippen LogP contribution in [-0.2, 0) is 48.0 Å². The van der Waals surface area contributed by atoms with Crippen LogP contribution < -0.4 is 50.4 Å². The van der Waals surface area contributed by atoms with Crippen LogP contribution in [0.1, 0.15) is 114 Å². The van der Waals surface area contributed by atoms with E-state index in [-0.39, 0.29) is 50.9 Å². The summed E-state index contributed by atoms with van der Waals surface area (Å²) in [5.41, 5.74) is 44.1. The number of nitrogens with two attached hydrogens (primary N) is 6. The fourth-order valence-electron chi connectivity index (χ4n) is 11.7. The molecule has 0 aliphatic carbocycles. The maximum Gasteiger partial charge on any atom is 0.252 e. The lowest BCUT2D eigenvalue weighted by molar-refractivity contribution is -0.134. The lowest BCUT2D eigenvalue weighted by Gasteiger charge is -2.28. The largest absolute Gasteiger partial charge is 0.361 e. The summed E-state index contributed by atoms with van der Waals surface area (Å²) in [6.45, 7) is 7.06. The Morgan fingerprint density at radius 2 is 0.652 bits per heavy atom. The van der Waals surface area contributed by atoms with Gasteiger partial charge >= 0.3 is 0 Å². The van der Waals surface area contributed by atoms with Gasteiger partial charge in [-0.25, -0.2) is 0 Å². The molecule has 18 nitrogen and oxygen atoms in total. The Morgan fingerprint density at radius 3 is 0.899 bits per heavy atom. The molecule has 19 heteroatoms. The molecule has 89 heavy (non-hydrogen) atoms. The SMILES string of the molecule is Cc1ccc2[nH]cc(CC(=O)[C@@](N)(CCCCN)C(=O)Nc3ccc(C(c4ccc(NC(=O)[C@](N)(CCCCN)C(=O)Cc5c[nH]c6ccc(C)cc56)cc4)c4ccc(NC(=O)[C@](N)(CCCCN)C(=O)Cc5c[nH]c6ccc(C)cc56)cc4)cc3)c2c1.Cl. The number of anilines is 3. The molecule has 3 amide bonds. The van der Waals surface area contributed by atoms with Gasteiger partial charge < -0.3 is 65.3 Å². The number of halogens is 1. The number of hydrogen-bond donors (Lipinski definition) is 12. The highest BCUT2D eigenvalue weighted by atomic mass is 35.5. The van der Waals surface area contributed by atoms with Crippen molar-refractivity contribution in [2.75, 3.05) is 35.6 Å². The number of ketones is 3. The molecule has 0 saturated heterocycles. The molecule has 0 saturated carbocycles. The number of carbonyl (C=O) groups excluding carboxylic acids is 6. The van der Waals surface area contributed by atoms with E-state index in [2.05, 4.69) is 30.9 Å². The zero-order valence-electron chi connectivity index (χ0n) is 50.9. The number of aryl methyl sites for hydroxylation is 3. The first-order valence-corrected chi connectivity index (χ1v) is 30.3. The predicted octanol–water partition coefficient (Wildman–Crippen LogP) is 9.39. The average molecular weight is 1220 g/mol. The van der Waals surface area contributed by atoms with Crippen LogP contribution in [0.5, 0.6) is 0 Å². The number of H-pyrrole nitrogens is 3. The second-order valence-corrected chi connectivity index (χ2v) is 23.7. The first-order chi connectivity index (χ1) is 42.3. The summed E-state index contributed by atoms with van der Waals surface area (Å²) in [7, 11) is 0. The molecule has 0 bridgehead atoms. The van der Waals surface area contributed by atoms with Gasteiger partial charge in [-0.3, -0.25) is 28.8 Å². The number of aromatic amines is 3. The minimum Gasteiger partial charge on any atom is -0.361 e. The Labute approximate surface area is 524 Å². The van der Waals surface area contributed by atoms with E-state index < -0.39 is 57.6 Å². The van der Waals surface area contributed by atoms with Gasteiger partial charge in [0.05, 0.1) is 0 Å². The van der Waals surface area contributed by atoms with Crippen molar-refractivity contribution in [1.29, 1.82) is 0 Å². The topological polar surface area (TPSA) is 342 Å². The highest BCUT2D eigenvalue weighted by Gasteiger charge is 2.44. The van der Waals surface area contributed by atoms with Crippen LogP contribution in [0.15, 0.2) is 146 Å². The van der Waals surface area contributed by atoms with Crippen LogP contribution in [0, 0.1) is 20.8 Å². The van der Waals surface area contributed by atoms with Crippen LogP contribution in [0.3, 0.4) is 0 Å². The summed E-state index contributed by atoms with van der Waals surface area (Å²) >= 11 is 0. The summed E-state index contributed by atoms with van der Waals surface area (Å²) in [4.78, 5) is 95.5. The van der Waals surface area contributed by atoms with Crippen LogP contribution in [0.2, 0.25) is 0 Å². The van der Waals surface area contributed by atoms with Gasteiger partial charge in [0.15, 0.2) is 34.0 Å². The number of Topliss-reactive ketones (excluding diaryl/α,β-unsaturated/α-hetero) is 3. The molecule has 9 aromatic rings. The number of unbranched alkanes of at least 4 members (excludes halogenated alkanes) is 3. The third kappa shape index (κ3) is 15.1. The summed E-state index contributed by atoms with van der Waals surface area (Å²) in [6, 6.07) is 39.5. The molecule has 3 aromatic heterocycles. The van der Waals surface area contributed by atoms with Gasteiger partial charge in [-0.1, -0.05) is 71.3 Å². The van der Waals surface area contributed by atoms with Gasteiger partial charge in [-0.15, -0.1) is 12.4 Å². The van der Waals surface area contributed by atoms with Crippen LogP contribution in [0.4, 0.5) is 17.1 Å². The third-order valence-electron chi connectivity index (χ3n) is 17.1. The van der Waals surface area contributed by atoms with Crippen molar-refractivity contribution < 1.29 is 28.8 Å². The molecule has 6 aromatic carbocycles. The average Bonchev–Trinajstić information content (AvgIpc) is 2.90. The third-order valence-corrected chi connectivity index (χ3v) is 17.1. The van der Waals surface area contributed by atoms with Crippen molar-refractivity contribution in [1.82, 2.24) is 15.0 Å². The van der Waals surface area contributed by atoms with Gasteiger partial charge in [-0.05, 0) is 204 Å². The number of aromatic nitrogens is 3. The molecule has 3 heterocycles. The Hall–Kier alpha value is -8.59. The number of amides is 3. The van der Waals surface area contributed by atoms with Crippen molar-refractivity contribution in [2.24, 2.45) is 34.4 Å². The molecule has 3 atom stereocenters. The summed E-state index contributed by atoms with van der Waals surface area (Å²) in [5.74, 6) is -3.68. The van der Waals surface area contributed by atoms with E-state index in [1.54, 1.807) is 55.0 Å². The molecule has 9 rings (SSSR count). The molecular weight excluding hydrogens is 1140 g/mol. The number of carbonyl (C=O) groups is 6. The number of benzene rings is 6. The van der Waals surface area contributed by atoms with Gasteiger partial charge in [0.2, 0.25) is 0 Å². The van der Waals surface area contributed by atoms with E-state index in [0.29, 0.717) is 75.2 Å². The molecule has 0 unspecified atom stereocenters. The molecular formula is C70H83ClN12O6. The maximum absolute atomic E-state index is 14.4. The first kappa shape index (κ1) is 66.4. The minimum absolute atomic E-state index is 0. The lowest BCUT2D eigenvalue weighted by atomic mass is 9.83. The second-order valence-electron chi connectivity index (χ2n) is 23.7. The fourth-order valence-corrected chi connectivity index (χ4v) is 11.7. The molecule has 466 valence electrons. The van der Waals surface area contributed by atoms with Crippen LogP contribution in [0.25, 0.3) is 32.7 Å². The van der Waals surface area contributed by atoms with Crippen molar-refractivity contribution in [2.45, 2.75) is 120 Å². The number of nitrogens with one attached hydrogen (secondary N) is 6. The number of hydrogen-bond acceptors (Lipinski definition) is 12. The lowest BCUT2D eigenvalue weighted by Crippen LogP contribution is -2.58. The zero-order valence-corrected chi connectivity index (χ0v) is 51.7. The van der Waals surface area contributed by atoms with Gasteiger partial charge in [0, 0.05) is 93.5 Å². The Morgan fingerprint density at radius 1 is 0.393 bits per heavy atom. The molecule has 0 fully saturated rings. The van der Waals surface area contributed by atoms with E-state index >= 15 is 0 Å². The van der Waals surface area contributed by atoms with Crippen molar-refractivity contribution in [3.8, 4) is 0 Å². The van der Waals surface area contributed by atoms with E-state index in [0.717, 1.165) is 82.8 Å². The first-order valence-electron chi connectivity index (χ1n) is 30.3. The normalized spacial score (nSPS) is 13.6. The quantitative estimate of drug-likeness (QED) is 0.0114. The Kier molecular flexibility index (Phi) is 21.7. The molecule has 0 aliphatic rings. The van der Waals surface area contributed by atoms with Crippen molar-refractivity contribution in [3.63, 3.8) is 0 Å². The standard InChI is InChI=1S/C70H82N12O6.ClH/c1-43-10-25-58-55(34-43)49(40-77-58)37-61(83)68(74,28-4-7-31-71)65(86)80-52-19-13-46(14-20-52)64(47-15-21-53(22-16-47)81-66(87)69(75,29-5-8-32-72)62(84)38-50-41-78-59-26-11-44(2)35-56(50)59)48-17-23-54(24-18-48)82-67(88)70(76,30-6-9-33-73)63(85)39-51-42-79-60-27-12-45(3)36-57(51)60;/h10-27,34-36,40-42,64,77-79H,4-9,28-33,37-39,71-76H2,1-3H3,(H,80,86)(H,81,87)(H,82,88);1H/t68-,69-,70-;/m0./s1. The molecule has 0 radical (unpaired) electrons. The smallest absolute Gasteiger partial charge is 0.252 e. The van der Waals surface area contributed by atoms with E-state index in [4.69, 9.17) is 34.4 Å². The monoisotopic (exact) mass is 1220 g/mol. The van der Waals surface area contributed by atoms with Gasteiger partial charge in [-0.2, -0.15) is 0 Å². The number of rotatable bonds is 30. The minimum atomic E-state index is -1.87. The highest BCUT2D eigenvalue weighted by molar-refractivity contribution is 6.18. The van der Waals surface area contributed by atoms with E-state index in [1.807, 2.05) is 112 Å². The van der Waals surface area contributed by atoms with E-state index in [9.17, 15) is 28.8 Å². The van der Waals surface area contributed by atoms with E-state index in [1.165, 1.54) is 0 Å². The van der Waals surface area contributed by atoms with Crippen molar-refractivity contribution in [3.05, 3.63) is 196 Å². The second kappa shape index (κ2) is 29.2. The number of fused-ring (bicyclic) bond motifs is 3. The summed E-state index contributed by atoms with van der Waals surface area (Å²) < 4.78 is 0. The van der Waals surface area contributed by atoms with Crippen LogP contribution >= 0.6 is 12.4 Å². The molecule has 18 N–H and O–H groups in total. The Bertz CT molecular complexity index is 3580. The predicted molar refractivity (Wildman–Crippen MR) is 358 cm³/mol. The molecule has 0 aliphatic heterocycles. The van der Waals surface area contributed by atoms with Crippen molar-refractivity contribution >= 4 is 97.2 Å². The maximum atomic E-state index is 14.4. The van der Waals surface area contributed by atoms with Gasteiger partial charge in [0.1, 0.15) is 0 Å². The summed E-state index contributed by atoms with van der Waals surface area (Å²) in [5, 5.41) is 11.5. The highest BCUT2D eigenvalue weighted by Crippen LogP contribution is 2.36. The molecule has 0 spiro atoms. The fraction of sp³-hybridized carbons (Fsp3) is 0.314. The Balaban J connectivity index is 0.0000102. The summed E-state index contributed by atoms with van der Waals surface area (Å²) in [6.07, 6.45) is 8.55. The van der Waals surface area contributed by atoms with Gasteiger partial charge in [0.25, 0.3) is 17.7 Å². The zero-order chi connectivity index (χ0) is 62.8.